The average Bonchev–Trinajstić information content (AvgIpc) is 2.51. The standard InChI is InChI=1S/C14H28N2S/c1-12(2)11-16(10-9-14(15)17)13-7-5-3-4-6-8-13/h12-13H,3-11H2,1-2H3,(H2,15,17). The third-order valence-corrected chi connectivity index (χ3v) is 3.79. The lowest BCUT2D eigenvalue weighted by Gasteiger charge is -2.32. The maximum Gasteiger partial charge on any atom is 0.0740 e. The quantitative estimate of drug-likeness (QED) is 0.584. The van der Waals surface area contributed by atoms with Crippen molar-refractivity contribution in [3.05, 3.63) is 0 Å². The molecular weight excluding hydrogens is 228 g/mol. The zero-order valence-corrected chi connectivity index (χ0v) is 12.3. The number of nitrogens with zero attached hydrogens (tertiary/aromatic N) is 1. The summed E-state index contributed by atoms with van der Waals surface area (Å²) in [7, 11) is 0. The van der Waals surface area contributed by atoms with Crippen molar-refractivity contribution in [2.45, 2.75) is 64.8 Å². The Balaban J connectivity index is 2.49. The summed E-state index contributed by atoms with van der Waals surface area (Å²) >= 11 is 5.01. The molecule has 0 unspecified atom stereocenters. The first-order valence-electron chi connectivity index (χ1n) is 7.12. The van der Waals surface area contributed by atoms with Gasteiger partial charge in [0.05, 0.1) is 4.99 Å². The van der Waals surface area contributed by atoms with Crippen molar-refractivity contribution in [1.82, 2.24) is 4.90 Å². The largest absolute Gasteiger partial charge is 0.393 e. The molecule has 100 valence electrons. The van der Waals surface area contributed by atoms with Crippen molar-refractivity contribution in [1.29, 1.82) is 0 Å². The summed E-state index contributed by atoms with van der Waals surface area (Å²) in [4.78, 5) is 3.29. The Morgan fingerprint density at radius 1 is 1.24 bits per heavy atom. The third kappa shape index (κ3) is 6.37. The van der Waals surface area contributed by atoms with Crippen molar-refractivity contribution >= 4 is 17.2 Å². The first-order valence-corrected chi connectivity index (χ1v) is 7.52. The second-order valence-electron chi connectivity index (χ2n) is 5.75. The molecule has 0 atom stereocenters. The van der Waals surface area contributed by atoms with E-state index in [4.69, 9.17) is 18.0 Å². The van der Waals surface area contributed by atoms with Crippen LogP contribution in [0.1, 0.15) is 58.8 Å². The second kappa shape index (κ2) is 8.04. The van der Waals surface area contributed by atoms with Gasteiger partial charge in [0.2, 0.25) is 0 Å². The van der Waals surface area contributed by atoms with Crippen LogP contribution in [-0.4, -0.2) is 29.0 Å². The molecule has 17 heavy (non-hydrogen) atoms. The number of rotatable bonds is 6. The van der Waals surface area contributed by atoms with Crippen molar-refractivity contribution < 1.29 is 0 Å². The maximum atomic E-state index is 5.64. The molecule has 1 saturated carbocycles. The number of nitrogens with two attached hydrogens (primary N) is 1. The molecule has 0 spiro atoms. The van der Waals surface area contributed by atoms with Crippen molar-refractivity contribution in [3.8, 4) is 0 Å². The summed E-state index contributed by atoms with van der Waals surface area (Å²) in [6, 6.07) is 0.772. The molecule has 0 bridgehead atoms. The predicted molar refractivity (Wildman–Crippen MR) is 79.3 cm³/mol. The van der Waals surface area contributed by atoms with Crippen molar-refractivity contribution in [2.75, 3.05) is 13.1 Å². The SMILES string of the molecule is CC(C)CN(CCC(N)=S)C1CCCCCC1. The van der Waals surface area contributed by atoms with Crippen LogP contribution in [0.25, 0.3) is 0 Å². The minimum Gasteiger partial charge on any atom is -0.393 e. The van der Waals surface area contributed by atoms with Crippen LogP contribution in [0.5, 0.6) is 0 Å². The average molecular weight is 256 g/mol. The highest BCUT2D eigenvalue weighted by atomic mass is 32.1. The van der Waals surface area contributed by atoms with Crippen LogP contribution >= 0.6 is 12.2 Å². The summed E-state index contributed by atoms with van der Waals surface area (Å²) in [5.41, 5.74) is 5.64. The number of hydrogen-bond donors (Lipinski definition) is 1. The van der Waals surface area contributed by atoms with Crippen LogP contribution in [0, 0.1) is 5.92 Å². The fourth-order valence-electron chi connectivity index (χ4n) is 2.77. The van der Waals surface area contributed by atoms with Crippen LogP contribution in [0.2, 0.25) is 0 Å². The van der Waals surface area contributed by atoms with Gasteiger partial charge in [-0.3, -0.25) is 4.90 Å². The molecule has 0 aliphatic heterocycles. The van der Waals surface area contributed by atoms with Crippen molar-refractivity contribution in [2.24, 2.45) is 11.7 Å². The molecule has 1 fully saturated rings. The van der Waals surface area contributed by atoms with E-state index in [1.807, 2.05) is 0 Å². The molecule has 1 rings (SSSR count). The first kappa shape index (κ1) is 14.9. The van der Waals surface area contributed by atoms with E-state index in [1.54, 1.807) is 0 Å². The van der Waals surface area contributed by atoms with Gasteiger partial charge in [0.25, 0.3) is 0 Å². The van der Waals surface area contributed by atoms with Gasteiger partial charge in [-0.1, -0.05) is 51.7 Å². The molecule has 2 N–H and O–H groups in total. The third-order valence-electron chi connectivity index (χ3n) is 3.59. The normalized spacial score (nSPS) is 18.6. The molecule has 0 aromatic heterocycles. The molecule has 0 radical (unpaired) electrons. The second-order valence-corrected chi connectivity index (χ2v) is 6.27. The Morgan fingerprint density at radius 2 is 1.82 bits per heavy atom. The van der Waals surface area contributed by atoms with E-state index >= 15 is 0 Å². The lowest BCUT2D eigenvalue weighted by Crippen LogP contribution is -2.39. The maximum absolute atomic E-state index is 5.64. The van der Waals surface area contributed by atoms with Gasteiger partial charge in [0, 0.05) is 25.6 Å². The highest BCUT2D eigenvalue weighted by Gasteiger charge is 2.20. The summed E-state index contributed by atoms with van der Waals surface area (Å²) in [6.45, 7) is 6.83. The van der Waals surface area contributed by atoms with E-state index in [2.05, 4.69) is 18.7 Å². The molecule has 0 aromatic carbocycles. The van der Waals surface area contributed by atoms with Gasteiger partial charge in [-0.15, -0.1) is 0 Å². The van der Waals surface area contributed by atoms with Gasteiger partial charge < -0.3 is 5.73 Å². The van der Waals surface area contributed by atoms with Gasteiger partial charge in [-0.25, -0.2) is 0 Å². The van der Waals surface area contributed by atoms with Crippen LogP contribution in [-0.2, 0) is 0 Å². The van der Waals surface area contributed by atoms with E-state index in [9.17, 15) is 0 Å². The van der Waals surface area contributed by atoms with Crippen LogP contribution in [0.4, 0.5) is 0 Å². The van der Waals surface area contributed by atoms with Gasteiger partial charge in [-0.05, 0) is 18.8 Å². The Kier molecular flexibility index (Phi) is 7.05. The molecule has 0 heterocycles. The first-order chi connectivity index (χ1) is 8.09. The molecule has 3 heteroatoms. The van der Waals surface area contributed by atoms with E-state index in [1.165, 1.54) is 45.1 Å². The summed E-state index contributed by atoms with van der Waals surface area (Å²) in [6.07, 6.45) is 9.23. The van der Waals surface area contributed by atoms with Crippen LogP contribution < -0.4 is 5.73 Å². The molecule has 2 nitrogen and oxygen atoms in total. The molecule has 0 amide bonds. The smallest absolute Gasteiger partial charge is 0.0740 e. The zero-order chi connectivity index (χ0) is 12.7. The minimum atomic E-state index is 0.660. The summed E-state index contributed by atoms with van der Waals surface area (Å²) in [5, 5.41) is 0. The fraction of sp³-hybridized carbons (Fsp3) is 0.929. The monoisotopic (exact) mass is 256 g/mol. The van der Waals surface area contributed by atoms with Crippen molar-refractivity contribution in [3.63, 3.8) is 0 Å². The predicted octanol–water partition coefficient (Wildman–Crippen LogP) is 3.34. The molecule has 1 aliphatic carbocycles. The van der Waals surface area contributed by atoms with Crippen LogP contribution in [0.15, 0.2) is 0 Å². The van der Waals surface area contributed by atoms with E-state index in [-0.39, 0.29) is 0 Å². The van der Waals surface area contributed by atoms with E-state index in [0.29, 0.717) is 4.99 Å². The molecule has 0 aromatic rings. The molecular formula is C14H28N2S. The minimum absolute atomic E-state index is 0.660. The van der Waals surface area contributed by atoms with Crippen LogP contribution in [0.3, 0.4) is 0 Å². The molecule has 0 saturated heterocycles. The summed E-state index contributed by atoms with van der Waals surface area (Å²) in [5.74, 6) is 0.726. The number of hydrogen-bond acceptors (Lipinski definition) is 2. The Bertz CT molecular complexity index is 220. The lowest BCUT2D eigenvalue weighted by atomic mass is 10.0. The fourth-order valence-corrected chi connectivity index (χ4v) is 2.86. The van der Waals surface area contributed by atoms with Gasteiger partial charge in [0.15, 0.2) is 0 Å². The topological polar surface area (TPSA) is 29.3 Å². The van der Waals surface area contributed by atoms with E-state index in [0.717, 1.165) is 24.9 Å². The Morgan fingerprint density at radius 3 is 2.29 bits per heavy atom. The van der Waals surface area contributed by atoms with Gasteiger partial charge >= 0.3 is 0 Å². The highest BCUT2D eigenvalue weighted by molar-refractivity contribution is 7.80. The summed E-state index contributed by atoms with van der Waals surface area (Å²) < 4.78 is 0. The Labute approximate surface area is 112 Å². The highest BCUT2D eigenvalue weighted by Crippen LogP contribution is 2.22. The molecule has 1 aliphatic rings. The van der Waals surface area contributed by atoms with Gasteiger partial charge in [0.1, 0.15) is 0 Å². The van der Waals surface area contributed by atoms with Gasteiger partial charge in [-0.2, -0.15) is 0 Å². The number of thiocarbonyl (C=S) groups is 1. The van der Waals surface area contributed by atoms with E-state index < -0.39 is 0 Å². The lowest BCUT2D eigenvalue weighted by molar-refractivity contribution is 0.164. The zero-order valence-electron chi connectivity index (χ0n) is 11.5. The Hall–Kier alpha value is -0.150.